The van der Waals surface area contributed by atoms with Crippen LogP contribution in [-0.2, 0) is 0 Å². The van der Waals surface area contributed by atoms with Gasteiger partial charge in [-0.25, -0.2) is 9.97 Å². The summed E-state index contributed by atoms with van der Waals surface area (Å²) in [5, 5.41) is 8.46. The monoisotopic (exact) mass is 567 g/mol. The number of benzene rings is 6. The van der Waals surface area contributed by atoms with Gasteiger partial charge in [-0.1, -0.05) is 84.9 Å². The van der Waals surface area contributed by atoms with Crippen molar-refractivity contribution in [3.05, 3.63) is 127 Å². The molecule has 4 heterocycles. The molecule has 0 N–H and O–H groups in total. The molecule has 0 atom stereocenters. The van der Waals surface area contributed by atoms with Crippen molar-refractivity contribution in [1.82, 2.24) is 14.5 Å². The van der Waals surface area contributed by atoms with Crippen LogP contribution in [0.25, 0.3) is 92.0 Å². The number of fused-ring (bicyclic) bond motifs is 11. The Hall–Kier alpha value is -5.52. The quantitative estimate of drug-likeness (QED) is 0.209. The Morgan fingerprint density at radius 2 is 1.33 bits per heavy atom. The van der Waals surface area contributed by atoms with Crippen molar-refractivity contribution >= 4 is 86.2 Å². The molecule has 43 heavy (non-hydrogen) atoms. The topological polar surface area (TPSA) is 43.9 Å². The number of aromatic nitrogens is 3. The molecule has 200 valence electrons. The number of thiophene rings is 1. The minimum Gasteiger partial charge on any atom is -0.450 e. The van der Waals surface area contributed by atoms with Crippen LogP contribution in [0.2, 0.25) is 0 Å². The molecule has 0 unspecified atom stereocenters. The van der Waals surface area contributed by atoms with Crippen molar-refractivity contribution in [3.63, 3.8) is 0 Å². The molecule has 0 aliphatic carbocycles. The molecule has 4 nitrogen and oxygen atoms in total. The molecule has 0 saturated carbocycles. The normalized spacial score (nSPS) is 12.2. The predicted octanol–water partition coefficient (Wildman–Crippen LogP) is 10.7. The third-order valence-corrected chi connectivity index (χ3v) is 9.73. The van der Waals surface area contributed by atoms with Crippen LogP contribution in [0.5, 0.6) is 0 Å². The van der Waals surface area contributed by atoms with Crippen molar-refractivity contribution in [2.75, 3.05) is 0 Å². The Bertz CT molecular complexity index is 2730. The van der Waals surface area contributed by atoms with E-state index in [4.69, 9.17) is 14.4 Å². The molecule has 10 rings (SSSR count). The van der Waals surface area contributed by atoms with Crippen LogP contribution in [-0.4, -0.2) is 14.5 Å². The molecule has 0 aliphatic rings. The first-order chi connectivity index (χ1) is 21.3. The summed E-state index contributed by atoms with van der Waals surface area (Å²) in [6, 6.07) is 44.8. The number of rotatable bonds is 2. The van der Waals surface area contributed by atoms with Crippen molar-refractivity contribution in [3.8, 4) is 17.2 Å². The highest BCUT2D eigenvalue weighted by molar-refractivity contribution is 7.26. The molecule has 0 saturated heterocycles. The largest absolute Gasteiger partial charge is 0.450 e. The van der Waals surface area contributed by atoms with E-state index < -0.39 is 0 Å². The van der Waals surface area contributed by atoms with Crippen LogP contribution >= 0.6 is 11.3 Å². The van der Waals surface area contributed by atoms with Gasteiger partial charge in [0.1, 0.15) is 11.1 Å². The van der Waals surface area contributed by atoms with Gasteiger partial charge in [0.15, 0.2) is 17.2 Å². The Balaban J connectivity index is 1.38. The summed E-state index contributed by atoms with van der Waals surface area (Å²) in [7, 11) is 0. The minimum absolute atomic E-state index is 0.674. The first-order valence-electron chi connectivity index (χ1n) is 14.3. The number of hydrogen-bond acceptors (Lipinski definition) is 4. The SMILES string of the molecule is c1ccc(-c2nc(-n3c4ccccc4c4cc5c(ccc6sc7ccccc7c65)cc43)c3oc4ccccc4c3n2)cc1. The maximum atomic E-state index is 6.53. The minimum atomic E-state index is 0.674. The van der Waals surface area contributed by atoms with E-state index in [1.165, 1.54) is 41.7 Å². The highest BCUT2D eigenvalue weighted by Crippen LogP contribution is 2.43. The summed E-state index contributed by atoms with van der Waals surface area (Å²) < 4.78 is 11.4. The van der Waals surface area contributed by atoms with Gasteiger partial charge in [-0.05, 0) is 53.2 Å². The lowest BCUT2D eigenvalue weighted by molar-refractivity contribution is 0.662. The average molecular weight is 568 g/mol. The maximum absolute atomic E-state index is 6.53. The summed E-state index contributed by atoms with van der Waals surface area (Å²) >= 11 is 1.86. The second kappa shape index (κ2) is 8.51. The van der Waals surface area contributed by atoms with Crippen LogP contribution in [0.1, 0.15) is 0 Å². The van der Waals surface area contributed by atoms with Gasteiger partial charge >= 0.3 is 0 Å². The van der Waals surface area contributed by atoms with Gasteiger partial charge in [-0.2, -0.15) is 0 Å². The van der Waals surface area contributed by atoms with Crippen molar-refractivity contribution in [1.29, 1.82) is 0 Å². The van der Waals surface area contributed by atoms with Crippen molar-refractivity contribution in [2.45, 2.75) is 0 Å². The van der Waals surface area contributed by atoms with E-state index in [2.05, 4.69) is 95.6 Å². The van der Waals surface area contributed by atoms with E-state index in [0.29, 0.717) is 11.4 Å². The molecule has 0 amide bonds. The van der Waals surface area contributed by atoms with Gasteiger partial charge in [0, 0.05) is 41.9 Å². The van der Waals surface area contributed by atoms with Gasteiger partial charge in [0.2, 0.25) is 0 Å². The standard InChI is InChI=1S/C38H21N3OS/c1-2-10-22(11-3-1)37-39-35-25-13-5-8-16-31(25)42-36(35)38(40-37)41-29-15-7-4-12-24(29)28-21-27-23(20-30(28)41)18-19-33-34(27)26-14-6-9-17-32(26)43-33/h1-21H. The van der Waals surface area contributed by atoms with Crippen LogP contribution in [0.4, 0.5) is 0 Å². The Morgan fingerprint density at radius 3 is 2.23 bits per heavy atom. The summed E-state index contributed by atoms with van der Waals surface area (Å²) in [5.74, 6) is 1.42. The highest BCUT2D eigenvalue weighted by Gasteiger charge is 2.22. The van der Waals surface area contributed by atoms with Crippen molar-refractivity contribution in [2.24, 2.45) is 0 Å². The smallest absolute Gasteiger partial charge is 0.197 e. The second-order valence-corrected chi connectivity index (χ2v) is 12.1. The van der Waals surface area contributed by atoms with Gasteiger partial charge in [0.05, 0.1) is 11.0 Å². The second-order valence-electron chi connectivity index (χ2n) is 11.0. The fourth-order valence-electron chi connectivity index (χ4n) is 6.68. The zero-order chi connectivity index (χ0) is 28.1. The molecule has 10 aromatic rings. The average Bonchev–Trinajstić information content (AvgIpc) is 3.73. The fourth-order valence-corrected chi connectivity index (χ4v) is 7.80. The van der Waals surface area contributed by atoms with E-state index in [-0.39, 0.29) is 0 Å². The first-order valence-corrected chi connectivity index (χ1v) is 15.2. The lowest BCUT2D eigenvalue weighted by Gasteiger charge is -2.10. The van der Waals surface area contributed by atoms with E-state index >= 15 is 0 Å². The molecule has 0 aliphatic heterocycles. The zero-order valence-corrected chi connectivity index (χ0v) is 23.6. The van der Waals surface area contributed by atoms with E-state index in [1.54, 1.807) is 0 Å². The molecule has 0 fully saturated rings. The fraction of sp³-hybridized carbons (Fsp3) is 0. The number of furan rings is 1. The highest BCUT2D eigenvalue weighted by atomic mass is 32.1. The van der Waals surface area contributed by atoms with E-state index in [9.17, 15) is 0 Å². The summed E-state index contributed by atoms with van der Waals surface area (Å²) in [6.45, 7) is 0. The Morgan fingerprint density at radius 1 is 0.558 bits per heavy atom. The Labute approximate surface area is 249 Å². The lowest BCUT2D eigenvalue weighted by Crippen LogP contribution is -2.01. The third kappa shape index (κ3) is 3.20. The van der Waals surface area contributed by atoms with Gasteiger partial charge in [-0.3, -0.25) is 4.57 Å². The van der Waals surface area contributed by atoms with Gasteiger partial charge in [-0.15, -0.1) is 11.3 Å². The third-order valence-electron chi connectivity index (χ3n) is 8.60. The first kappa shape index (κ1) is 23.1. The van der Waals surface area contributed by atoms with Gasteiger partial charge < -0.3 is 4.42 Å². The number of nitrogens with zero attached hydrogens (tertiary/aromatic N) is 3. The summed E-state index contributed by atoms with van der Waals surface area (Å²) in [5.41, 5.74) is 5.44. The lowest BCUT2D eigenvalue weighted by atomic mass is 10.0. The van der Waals surface area contributed by atoms with Crippen LogP contribution < -0.4 is 0 Å². The molecule has 0 bridgehead atoms. The molecular formula is C38H21N3OS. The molecule has 5 heteroatoms. The van der Waals surface area contributed by atoms with E-state index in [1.807, 2.05) is 47.7 Å². The molecule has 6 aromatic carbocycles. The van der Waals surface area contributed by atoms with E-state index in [0.717, 1.165) is 38.9 Å². The summed E-state index contributed by atoms with van der Waals surface area (Å²) in [6.07, 6.45) is 0. The number of hydrogen-bond donors (Lipinski definition) is 0. The molecule has 0 spiro atoms. The van der Waals surface area contributed by atoms with Crippen LogP contribution in [0, 0.1) is 0 Å². The molecule has 0 radical (unpaired) electrons. The van der Waals surface area contributed by atoms with Crippen molar-refractivity contribution < 1.29 is 4.42 Å². The predicted molar refractivity (Wildman–Crippen MR) is 179 cm³/mol. The van der Waals surface area contributed by atoms with Crippen LogP contribution in [0.3, 0.4) is 0 Å². The maximum Gasteiger partial charge on any atom is 0.197 e. The summed E-state index contributed by atoms with van der Waals surface area (Å²) in [4.78, 5) is 10.3. The van der Waals surface area contributed by atoms with Crippen LogP contribution in [0.15, 0.2) is 132 Å². The Kier molecular flexibility index (Phi) is 4.57. The molecular weight excluding hydrogens is 547 g/mol. The molecule has 4 aromatic heterocycles. The zero-order valence-electron chi connectivity index (χ0n) is 22.8. The number of para-hydroxylation sites is 2. The van der Waals surface area contributed by atoms with Gasteiger partial charge in [0.25, 0.3) is 0 Å².